The van der Waals surface area contributed by atoms with Crippen molar-refractivity contribution in [1.29, 1.82) is 0 Å². The third kappa shape index (κ3) is 4.30. The number of hydrogen-bond donors (Lipinski definition) is 1. The normalized spacial score (nSPS) is 11.5. The minimum absolute atomic E-state index is 0.245. The van der Waals surface area contributed by atoms with Gasteiger partial charge < -0.3 is 5.32 Å². The van der Waals surface area contributed by atoms with E-state index in [0.29, 0.717) is 12.1 Å². The van der Waals surface area contributed by atoms with Crippen LogP contribution < -0.4 is 5.32 Å². The van der Waals surface area contributed by atoms with Gasteiger partial charge in [-0.05, 0) is 29.3 Å². The Morgan fingerprint density at radius 2 is 1.92 bits per heavy atom. The van der Waals surface area contributed by atoms with Gasteiger partial charge in [0.25, 0.3) is 0 Å². The molecule has 0 fully saturated rings. The molecule has 25 heavy (non-hydrogen) atoms. The van der Waals surface area contributed by atoms with Crippen LogP contribution in [0.15, 0.2) is 55.1 Å². The number of nitrogens with one attached hydrogen (secondary N) is 1. The summed E-state index contributed by atoms with van der Waals surface area (Å²) in [5.74, 6) is 0. The lowest BCUT2D eigenvalue weighted by atomic mass is 10.1. The molecule has 1 aromatic heterocycles. The standard InChI is InChI=1S/C17H14ClF3N4/c18-15-6-5-12(7-14(15)17(19,20)21)8-23-16-4-2-1-3-13(16)9-25-11-22-10-24-25/h1-7,10-11,23H,8-9H2. The second-order valence-corrected chi connectivity index (χ2v) is 5.82. The molecule has 0 radical (unpaired) electrons. The lowest BCUT2D eigenvalue weighted by molar-refractivity contribution is -0.137. The second-order valence-electron chi connectivity index (χ2n) is 5.42. The molecule has 1 N–H and O–H groups in total. The minimum Gasteiger partial charge on any atom is -0.381 e. The van der Waals surface area contributed by atoms with Gasteiger partial charge in [-0.3, -0.25) is 0 Å². The molecule has 0 bridgehead atoms. The van der Waals surface area contributed by atoms with Crippen molar-refractivity contribution in [2.24, 2.45) is 0 Å². The van der Waals surface area contributed by atoms with E-state index in [0.717, 1.165) is 17.3 Å². The van der Waals surface area contributed by atoms with Gasteiger partial charge in [0.05, 0.1) is 17.1 Å². The van der Waals surface area contributed by atoms with Crippen LogP contribution in [-0.2, 0) is 19.3 Å². The summed E-state index contributed by atoms with van der Waals surface area (Å²) in [6.07, 6.45) is -1.42. The zero-order chi connectivity index (χ0) is 17.9. The Bertz CT molecular complexity index is 847. The van der Waals surface area contributed by atoms with Gasteiger partial charge in [-0.1, -0.05) is 35.9 Å². The fraction of sp³-hybridized carbons (Fsp3) is 0.176. The van der Waals surface area contributed by atoms with Crippen molar-refractivity contribution in [3.63, 3.8) is 0 Å². The molecular weight excluding hydrogens is 353 g/mol. The van der Waals surface area contributed by atoms with Crippen LogP contribution in [0.1, 0.15) is 16.7 Å². The van der Waals surface area contributed by atoms with Crippen LogP contribution in [0.4, 0.5) is 18.9 Å². The molecule has 0 saturated heterocycles. The second kappa shape index (κ2) is 7.14. The molecule has 0 aliphatic carbocycles. The van der Waals surface area contributed by atoms with E-state index in [2.05, 4.69) is 15.4 Å². The van der Waals surface area contributed by atoms with Crippen molar-refractivity contribution in [3.8, 4) is 0 Å². The van der Waals surface area contributed by atoms with Crippen molar-refractivity contribution >= 4 is 17.3 Å². The summed E-state index contributed by atoms with van der Waals surface area (Å²) in [6.45, 7) is 0.756. The molecule has 0 atom stereocenters. The molecule has 0 aliphatic rings. The molecule has 8 heteroatoms. The average molecular weight is 367 g/mol. The van der Waals surface area contributed by atoms with Gasteiger partial charge in [0, 0.05) is 12.2 Å². The molecule has 0 aliphatic heterocycles. The van der Waals surface area contributed by atoms with Crippen LogP contribution in [0.2, 0.25) is 5.02 Å². The van der Waals surface area contributed by atoms with E-state index in [1.165, 1.54) is 12.4 Å². The van der Waals surface area contributed by atoms with Crippen molar-refractivity contribution < 1.29 is 13.2 Å². The van der Waals surface area contributed by atoms with E-state index in [9.17, 15) is 13.2 Å². The van der Waals surface area contributed by atoms with E-state index in [-0.39, 0.29) is 11.6 Å². The summed E-state index contributed by atoms with van der Waals surface area (Å²) >= 11 is 5.65. The van der Waals surface area contributed by atoms with Crippen LogP contribution in [0.5, 0.6) is 0 Å². The van der Waals surface area contributed by atoms with Crippen LogP contribution in [0.3, 0.4) is 0 Å². The predicted octanol–water partition coefficient (Wildman–Crippen LogP) is 4.61. The van der Waals surface area contributed by atoms with Gasteiger partial charge in [-0.2, -0.15) is 18.3 Å². The zero-order valence-corrected chi connectivity index (χ0v) is 13.7. The van der Waals surface area contributed by atoms with Gasteiger partial charge in [-0.25, -0.2) is 9.67 Å². The predicted molar refractivity (Wildman–Crippen MR) is 89.3 cm³/mol. The number of aromatic nitrogens is 3. The monoisotopic (exact) mass is 366 g/mol. The number of anilines is 1. The summed E-state index contributed by atoms with van der Waals surface area (Å²) in [5, 5.41) is 6.92. The lowest BCUT2D eigenvalue weighted by Crippen LogP contribution is -2.09. The lowest BCUT2D eigenvalue weighted by Gasteiger charge is -2.14. The van der Waals surface area contributed by atoms with Gasteiger partial charge in [-0.15, -0.1) is 0 Å². The maximum atomic E-state index is 12.9. The third-order valence-electron chi connectivity index (χ3n) is 3.64. The van der Waals surface area contributed by atoms with Gasteiger partial charge in [0.1, 0.15) is 12.7 Å². The van der Waals surface area contributed by atoms with E-state index in [1.807, 2.05) is 24.3 Å². The van der Waals surface area contributed by atoms with Crippen molar-refractivity contribution in [2.75, 3.05) is 5.32 Å². The van der Waals surface area contributed by atoms with Crippen LogP contribution in [0, 0.1) is 0 Å². The van der Waals surface area contributed by atoms with Crippen LogP contribution in [-0.4, -0.2) is 14.8 Å². The fourth-order valence-electron chi connectivity index (χ4n) is 2.42. The first kappa shape index (κ1) is 17.3. The van der Waals surface area contributed by atoms with Gasteiger partial charge >= 0.3 is 6.18 Å². The van der Waals surface area contributed by atoms with E-state index in [1.54, 1.807) is 17.1 Å². The number of halogens is 4. The van der Waals surface area contributed by atoms with E-state index < -0.39 is 11.7 Å². The van der Waals surface area contributed by atoms with E-state index >= 15 is 0 Å². The maximum absolute atomic E-state index is 12.9. The summed E-state index contributed by atoms with van der Waals surface area (Å²) in [6, 6.07) is 11.4. The highest BCUT2D eigenvalue weighted by Gasteiger charge is 2.33. The van der Waals surface area contributed by atoms with Crippen molar-refractivity contribution in [3.05, 3.63) is 76.8 Å². The van der Waals surface area contributed by atoms with Crippen LogP contribution >= 0.6 is 11.6 Å². The van der Waals surface area contributed by atoms with Crippen molar-refractivity contribution in [1.82, 2.24) is 14.8 Å². The van der Waals surface area contributed by atoms with Crippen molar-refractivity contribution in [2.45, 2.75) is 19.3 Å². The Morgan fingerprint density at radius 3 is 2.64 bits per heavy atom. The number of benzene rings is 2. The highest BCUT2D eigenvalue weighted by molar-refractivity contribution is 6.31. The number of nitrogens with zero attached hydrogens (tertiary/aromatic N) is 3. The van der Waals surface area contributed by atoms with Gasteiger partial charge in [0.2, 0.25) is 0 Å². The molecule has 3 rings (SSSR count). The molecule has 130 valence electrons. The third-order valence-corrected chi connectivity index (χ3v) is 3.97. The number of para-hydroxylation sites is 1. The Labute approximate surface area is 147 Å². The van der Waals surface area contributed by atoms with E-state index in [4.69, 9.17) is 11.6 Å². The smallest absolute Gasteiger partial charge is 0.381 e. The van der Waals surface area contributed by atoms with Gasteiger partial charge in [0.15, 0.2) is 0 Å². The molecule has 1 heterocycles. The quantitative estimate of drug-likeness (QED) is 0.717. The molecule has 4 nitrogen and oxygen atoms in total. The zero-order valence-electron chi connectivity index (χ0n) is 13.0. The minimum atomic E-state index is -4.47. The summed E-state index contributed by atoms with van der Waals surface area (Å²) in [5.41, 5.74) is 1.44. The molecule has 2 aromatic carbocycles. The molecular formula is C17H14ClF3N4. The maximum Gasteiger partial charge on any atom is 0.417 e. The highest BCUT2D eigenvalue weighted by atomic mass is 35.5. The first-order chi connectivity index (χ1) is 11.9. The Balaban J connectivity index is 1.76. The Kier molecular flexibility index (Phi) is 4.94. The average Bonchev–Trinajstić information content (AvgIpc) is 3.07. The largest absolute Gasteiger partial charge is 0.417 e. The fourth-order valence-corrected chi connectivity index (χ4v) is 2.64. The first-order valence-electron chi connectivity index (χ1n) is 7.43. The number of alkyl halides is 3. The summed E-state index contributed by atoms with van der Waals surface area (Å²) in [4.78, 5) is 3.89. The SMILES string of the molecule is FC(F)(F)c1cc(CNc2ccccc2Cn2cncn2)ccc1Cl. The molecule has 0 amide bonds. The summed E-state index contributed by atoms with van der Waals surface area (Å²) < 4.78 is 40.5. The Hall–Kier alpha value is -2.54. The molecule has 0 saturated carbocycles. The molecule has 3 aromatic rings. The Morgan fingerprint density at radius 1 is 1.12 bits per heavy atom. The topological polar surface area (TPSA) is 42.7 Å². The van der Waals surface area contributed by atoms with Crippen LogP contribution in [0.25, 0.3) is 0 Å². The molecule has 0 unspecified atom stereocenters. The first-order valence-corrected chi connectivity index (χ1v) is 7.81. The summed E-state index contributed by atoms with van der Waals surface area (Å²) in [7, 11) is 0. The highest BCUT2D eigenvalue weighted by Crippen LogP contribution is 2.35. The number of hydrogen-bond acceptors (Lipinski definition) is 3. The molecule has 0 spiro atoms. The number of rotatable bonds is 5.